The van der Waals surface area contributed by atoms with Gasteiger partial charge in [-0.15, -0.1) is 0 Å². The summed E-state index contributed by atoms with van der Waals surface area (Å²) in [6.45, 7) is 5.64. The van der Waals surface area contributed by atoms with E-state index in [1.165, 1.54) is 0 Å². The molecule has 1 fully saturated rings. The first-order valence-corrected chi connectivity index (χ1v) is 7.35. The van der Waals surface area contributed by atoms with Crippen LogP contribution in [0.5, 0.6) is 0 Å². The Morgan fingerprint density at radius 3 is 2.95 bits per heavy atom. The topological polar surface area (TPSA) is 51.0 Å². The van der Waals surface area contributed by atoms with E-state index < -0.39 is 0 Å². The third kappa shape index (κ3) is 2.82. The number of amides is 1. The molecule has 1 aliphatic heterocycles. The van der Waals surface area contributed by atoms with Crippen LogP contribution in [0.1, 0.15) is 34.5 Å². The van der Waals surface area contributed by atoms with Crippen molar-refractivity contribution >= 4 is 5.91 Å². The van der Waals surface area contributed by atoms with Crippen LogP contribution in [0.3, 0.4) is 0 Å². The van der Waals surface area contributed by atoms with Crippen LogP contribution in [-0.4, -0.2) is 37.9 Å². The quantitative estimate of drug-likeness (QED) is 0.868. The minimum absolute atomic E-state index is 0.0423. The van der Waals surface area contributed by atoms with Crippen LogP contribution in [0.2, 0.25) is 0 Å². The lowest BCUT2D eigenvalue weighted by molar-refractivity contribution is 0.0718. The molecule has 1 aliphatic rings. The molecule has 3 heterocycles. The summed E-state index contributed by atoms with van der Waals surface area (Å²) in [5.74, 6) is 0.0423. The first-order valence-electron chi connectivity index (χ1n) is 7.35. The second-order valence-electron chi connectivity index (χ2n) is 5.71. The van der Waals surface area contributed by atoms with Gasteiger partial charge in [0.05, 0.1) is 12.4 Å². The molecule has 5 nitrogen and oxygen atoms in total. The lowest BCUT2D eigenvalue weighted by Gasteiger charge is -2.24. The van der Waals surface area contributed by atoms with E-state index in [1.807, 2.05) is 35.6 Å². The molecule has 0 aliphatic carbocycles. The van der Waals surface area contributed by atoms with E-state index in [9.17, 15) is 4.79 Å². The van der Waals surface area contributed by atoms with Gasteiger partial charge in [0.25, 0.3) is 5.91 Å². The summed E-state index contributed by atoms with van der Waals surface area (Å²) < 4.78 is 2.03. The fourth-order valence-corrected chi connectivity index (χ4v) is 2.82. The summed E-state index contributed by atoms with van der Waals surface area (Å²) in [6, 6.07) is 2.12. The zero-order chi connectivity index (χ0) is 14.8. The van der Waals surface area contributed by atoms with E-state index in [-0.39, 0.29) is 11.9 Å². The number of likely N-dealkylation sites (tertiary alicyclic amines) is 1. The molecule has 0 spiro atoms. The van der Waals surface area contributed by atoms with Crippen molar-refractivity contribution in [2.45, 2.75) is 39.3 Å². The second kappa shape index (κ2) is 5.68. The minimum Gasteiger partial charge on any atom is -0.335 e. The van der Waals surface area contributed by atoms with Crippen molar-refractivity contribution in [2.75, 3.05) is 6.54 Å². The maximum atomic E-state index is 12.7. The summed E-state index contributed by atoms with van der Waals surface area (Å²) in [4.78, 5) is 23.0. The van der Waals surface area contributed by atoms with Crippen LogP contribution >= 0.6 is 0 Å². The van der Waals surface area contributed by atoms with Crippen molar-refractivity contribution in [1.82, 2.24) is 19.4 Å². The first kappa shape index (κ1) is 13.8. The zero-order valence-corrected chi connectivity index (χ0v) is 12.5. The number of imidazole rings is 1. The van der Waals surface area contributed by atoms with Crippen LogP contribution in [0.25, 0.3) is 0 Å². The molecule has 0 bridgehead atoms. The molecule has 5 heteroatoms. The van der Waals surface area contributed by atoms with Crippen molar-refractivity contribution in [1.29, 1.82) is 0 Å². The van der Waals surface area contributed by atoms with Crippen molar-refractivity contribution in [3.63, 3.8) is 0 Å². The van der Waals surface area contributed by atoms with E-state index in [1.54, 1.807) is 18.7 Å². The Hall–Kier alpha value is -2.17. The summed E-state index contributed by atoms with van der Waals surface area (Å²) in [7, 11) is 0. The maximum Gasteiger partial charge on any atom is 0.272 e. The monoisotopic (exact) mass is 284 g/mol. The molecule has 0 N–H and O–H groups in total. The van der Waals surface area contributed by atoms with Gasteiger partial charge in [-0.05, 0) is 43.9 Å². The zero-order valence-electron chi connectivity index (χ0n) is 12.5. The molecular formula is C16H20N4O. The van der Waals surface area contributed by atoms with Gasteiger partial charge in [-0.25, -0.2) is 4.98 Å². The number of aromatic nitrogens is 3. The molecule has 2 aromatic rings. The molecule has 0 unspecified atom stereocenters. The molecule has 21 heavy (non-hydrogen) atoms. The fourth-order valence-electron chi connectivity index (χ4n) is 2.82. The standard InChI is InChI=1S/C16H20N4O/c1-12-8-15(18-9-13(12)2)16(21)20-6-3-4-14(20)10-19-7-5-17-11-19/h5,7-9,11,14H,3-4,6,10H2,1-2H3/t14-/m1/s1. The first-order chi connectivity index (χ1) is 10.1. The van der Waals surface area contributed by atoms with Crippen molar-refractivity contribution < 1.29 is 4.79 Å². The molecule has 0 aromatic carbocycles. The fraction of sp³-hybridized carbons (Fsp3) is 0.438. The van der Waals surface area contributed by atoms with Gasteiger partial charge in [-0.1, -0.05) is 0 Å². The number of nitrogens with zero attached hydrogens (tertiary/aromatic N) is 4. The van der Waals surface area contributed by atoms with Gasteiger partial charge in [-0.3, -0.25) is 9.78 Å². The summed E-state index contributed by atoms with van der Waals surface area (Å²) in [5, 5.41) is 0. The Morgan fingerprint density at radius 2 is 2.24 bits per heavy atom. The van der Waals surface area contributed by atoms with Gasteiger partial charge < -0.3 is 9.47 Å². The highest BCUT2D eigenvalue weighted by molar-refractivity contribution is 5.92. The number of carbonyl (C=O) groups is 1. The molecule has 0 radical (unpaired) electrons. The van der Waals surface area contributed by atoms with Crippen molar-refractivity contribution in [2.24, 2.45) is 0 Å². The largest absolute Gasteiger partial charge is 0.335 e. The highest BCUT2D eigenvalue weighted by atomic mass is 16.2. The molecule has 2 aromatic heterocycles. The number of hydrogen-bond acceptors (Lipinski definition) is 3. The SMILES string of the molecule is Cc1cnc(C(=O)N2CCC[C@@H]2Cn2ccnc2)cc1C. The third-order valence-corrected chi connectivity index (χ3v) is 4.21. The van der Waals surface area contributed by atoms with Crippen molar-refractivity contribution in [3.05, 3.63) is 47.8 Å². The van der Waals surface area contributed by atoms with Gasteiger partial charge in [0.2, 0.25) is 0 Å². The third-order valence-electron chi connectivity index (χ3n) is 4.21. The minimum atomic E-state index is 0.0423. The van der Waals surface area contributed by atoms with Crippen LogP contribution < -0.4 is 0 Å². The molecule has 3 rings (SSSR count). The number of pyridine rings is 1. The van der Waals surface area contributed by atoms with Crippen molar-refractivity contribution in [3.8, 4) is 0 Å². The summed E-state index contributed by atoms with van der Waals surface area (Å²) in [5.41, 5.74) is 2.78. The van der Waals surface area contributed by atoms with E-state index in [4.69, 9.17) is 0 Å². The smallest absolute Gasteiger partial charge is 0.272 e. The van der Waals surface area contributed by atoms with Crippen LogP contribution in [0.15, 0.2) is 31.0 Å². The highest BCUT2D eigenvalue weighted by Gasteiger charge is 2.30. The molecule has 0 saturated carbocycles. The van der Waals surface area contributed by atoms with Crippen LogP contribution in [-0.2, 0) is 6.54 Å². The van der Waals surface area contributed by atoms with E-state index in [2.05, 4.69) is 9.97 Å². The van der Waals surface area contributed by atoms with Gasteiger partial charge in [-0.2, -0.15) is 0 Å². The molecule has 110 valence electrons. The Kier molecular flexibility index (Phi) is 3.73. The Morgan fingerprint density at radius 1 is 1.38 bits per heavy atom. The lowest BCUT2D eigenvalue weighted by atomic mass is 10.1. The van der Waals surface area contributed by atoms with E-state index in [0.717, 1.165) is 37.1 Å². The van der Waals surface area contributed by atoms with E-state index in [0.29, 0.717) is 5.69 Å². The summed E-state index contributed by atoms with van der Waals surface area (Å²) in [6.07, 6.45) is 9.38. The highest BCUT2D eigenvalue weighted by Crippen LogP contribution is 2.21. The van der Waals surface area contributed by atoms with Gasteiger partial charge in [0, 0.05) is 31.7 Å². The average molecular weight is 284 g/mol. The predicted octanol–water partition coefficient (Wildman–Crippen LogP) is 2.20. The van der Waals surface area contributed by atoms with Gasteiger partial charge >= 0.3 is 0 Å². The Labute approximate surface area is 124 Å². The average Bonchev–Trinajstić information content (AvgIpc) is 3.13. The molecule has 1 atom stereocenters. The normalized spacial score (nSPS) is 18.2. The number of rotatable bonds is 3. The summed E-state index contributed by atoms with van der Waals surface area (Å²) >= 11 is 0. The van der Waals surface area contributed by atoms with E-state index >= 15 is 0 Å². The van der Waals surface area contributed by atoms with Crippen LogP contribution in [0.4, 0.5) is 0 Å². The molecule has 1 amide bonds. The molecule has 1 saturated heterocycles. The predicted molar refractivity (Wildman–Crippen MR) is 80.0 cm³/mol. The van der Waals surface area contributed by atoms with Gasteiger partial charge in [0.15, 0.2) is 0 Å². The number of carbonyl (C=O) groups excluding carboxylic acids is 1. The maximum absolute atomic E-state index is 12.7. The van der Waals surface area contributed by atoms with Crippen LogP contribution in [0, 0.1) is 13.8 Å². The molecular weight excluding hydrogens is 264 g/mol. The Balaban J connectivity index is 1.77. The number of hydrogen-bond donors (Lipinski definition) is 0. The second-order valence-corrected chi connectivity index (χ2v) is 5.71. The Bertz CT molecular complexity index is 636. The van der Waals surface area contributed by atoms with Gasteiger partial charge in [0.1, 0.15) is 5.69 Å². The number of aryl methyl sites for hydroxylation is 2. The lowest BCUT2D eigenvalue weighted by Crippen LogP contribution is -2.38.